The monoisotopic (exact) mass is 241 g/mol. The van der Waals surface area contributed by atoms with Gasteiger partial charge in [0.2, 0.25) is 5.91 Å². The lowest BCUT2D eigenvalue weighted by Crippen LogP contribution is -2.46. The molecule has 17 heavy (non-hydrogen) atoms. The highest BCUT2D eigenvalue weighted by Crippen LogP contribution is 2.43. The third-order valence-corrected chi connectivity index (χ3v) is 3.80. The maximum atomic E-state index is 11.7. The van der Waals surface area contributed by atoms with Crippen LogP contribution in [0.15, 0.2) is 0 Å². The lowest BCUT2D eigenvalue weighted by molar-refractivity contribution is -0.142. The second kappa shape index (κ2) is 5.04. The molecule has 0 aromatic rings. The van der Waals surface area contributed by atoms with Crippen molar-refractivity contribution in [1.82, 2.24) is 5.32 Å². The molecule has 0 radical (unpaired) electrons. The summed E-state index contributed by atoms with van der Waals surface area (Å²) < 4.78 is 5.28. The van der Waals surface area contributed by atoms with Gasteiger partial charge in [-0.1, -0.05) is 6.42 Å². The molecule has 1 heterocycles. The third kappa shape index (κ3) is 2.97. The zero-order valence-electron chi connectivity index (χ0n) is 9.91. The van der Waals surface area contributed by atoms with Crippen LogP contribution in [0.1, 0.15) is 38.5 Å². The number of hydrogen-bond donors (Lipinski definition) is 2. The van der Waals surface area contributed by atoms with Gasteiger partial charge >= 0.3 is 5.97 Å². The molecular formula is C12H19NO4. The molecule has 0 aromatic heterocycles. The van der Waals surface area contributed by atoms with E-state index in [-0.39, 0.29) is 23.8 Å². The quantitative estimate of drug-likeness (QED) is 0.750. The number of carbonyl (C=O) groups is 2. The van der Waals surface area contributed by atoms with Crippen LogP contribution in [-0.4, -0.2) is 36.2 Å². The summed E-state index contributed by atoms with van der Waals surface area (Å²) in [4.78, 5) is 22.5. The predicted molar refractivity (Wildman–Crippen MR) is 60.5 cm³/mol. The van der Waals surface area contributed by atoms with Gasteiger partial charge in [0.15, 0.2) is 0 Å². The van der Waals surface area contributed by atoms with Gasteiger partial charge in [-0.25, -0.2) is 0 Å². The third-order valence-electron chi connectivity index (χ3n) is 3.80. The lowest BCUT2D eigenvalue weighted by Gasteiger charge is -2.41. The fourth-order valence-corrected chi connectivity index (χ4v) is 2.59. The van der Waals surface area contributed by atoms with E-state index in [1.807, 2.05) is 0 Å². The van der Waals surface area contributed by atoms with Crippen molar-refractivity contribution >= 4 is 11.9 Å². The van der Waals surface area contributed by atoms with Crippen LogP contribution in [0.3, 0.4) is 0 Å². The van der Waals surface area contributed by atoms with Crippen molar-refractivity contribution in [3.05, 3.63) is 0 Å². The van der Waals surface area contributed by atoms with Crippen molar-refractivity contribution in [2.24, 2.45) is 5.41 Å². The van der Waals surface area contributed by atoms with Gasteiger partial charge in [-0.05, 0) is 31.1 Å². The molecule has 1 saturated heterocycles. The Hall–Kier alpha value is -1.10. The Morgan fingerprint density at radius 2 is 2.12 bits per heavy atom. The molecule has 1 aliphatic heterocycles. The number of hydrogen-bond acceptors (Lipinski definition) is 3. The van der Waals surface area contributed by atoms with Crippen molar-refractivity contribution in [2.45, 2.75) is 44.6 Å². The molecule has 2 fully saturated rings. The van der Waals surface area contributed by atoms with Crippen LogP contribution in [0.5, 0.6) is 0 Å². The minimum Gasteiger partial charge on any atom is -0.481 e. The number of carboxylic acids is 1. The summed E-state index contributed by atoms with van der Waals surface area (Å²) in [5.74, 6) is -0.866. The average molecular weight is 241 g/mol. The number of carbonyl (C=O) groups excluding carboxylic acids is 1. The lowest BCUT2D eigenvalue weighted by atomic mass is 9.66. The van der Waals surface area contributed by atoms with E-state index in [1.54, 1.807) is 0 Å². The molecule has 1 atom stereocenters. The van der Waals surface area contributed by atoms with Crippen molar-refractivity contribution < 1.29 is 19.4 Å². The molecule has 0 unspecified atom stereocenters. The van der Waals surface area contributed by atoms with Gasteiger partial charge in [0.25, 0.3) is 0 Å². The Bertz CT molecular complexity index is 306. The molecule has 2 rings (SSSR count). The van der Waals surface area contributed by atoms with E-state index >= 15 is 0 Å². The van der Waals surface area contributed by atoms with Gasteiger partial charge in [0.1, 0.15) is 6.10 Å². The zero-order valence-corrected chi connectivity index (χ0v) is 9.91. The highest BCUT2D eigenvalue weighted by molar-refractivity contribution is 5.81. The molecule has 2 N–H and O–H groups in total. The maximum Gasteiger partial charge on any atom is 0.303 e. The van der Waals surface area contributed by atoms with E-state index < -0.39 is 5.97 Å². The van der Waals surface area contributed by atoms with Crippen molar-refractivity contribution in [3.63, 3.8) is 0 Å². The number of nitrogens with one attached hydrogen (secondary N) is 1. The van der Waals surface area contributed by atoms with Gasteiger partial charge in [0, 0.05) is 13.2 Å². The van der Waals surface area contributed by atoms with Gasteiger partial charge in [0.05, 0.1) is 6.42 Å². The number of rotatable bonds is 5. The second-order valence-corrected chi connectivity index (χ2v) is 5.14. The smallest absolute Gasteiger partial charge is 0.303 e. The summed E-state index contributed by atoms with van der Waals surface area (Å²) in [5.41, 5.74) is -0.208. The van der Waals surface area contributed by atoms with Crippen molar-refractivity contribution in [1.29, 1.82) is 0 Å². The van der Waals surface area contributed by atoms with Gasteiger partial charge in [-0.2, -0.15) is 0 Å². The van der Waals surface area contributed by atoms with E-state index in [0.29, 0.717) is 13.2 Å². The van der Waals surface area contributed by atoms with Crippen LogP contribution in [0.25, 0.3) is 0 Å². The minimum atomic E-state index is -0.781. The second-order valence-electron chi connectivity index (χ2n) is 5.14. The Balaban J connectivity index is 1.79. The minimum absolute atomic E-state index is 0.0841. The first-order valence-corrected chi connectivity index (χ1v) is 6.22. The molecule has 0 bridgehead atoms. The normalized spacial score (nSPS) is 26.2. The van der Waals surface area contributed by atoms with Gasteiger partial charge in [-0.15, -0.1) is 0 Å². The first-order valence-electron chi connectivity index (χ1n) is 6.22. The van der Waals surface area contributed by atoms with Crippen molar-refractivity contribution in [2.75, 3.05) is 13.2 Å². The molecule has 0 spiro atoms. The van der Waals surface area contributed by atoms with E-state index in [4.69, 9.17) is 9.84 Å². The predicted octanol–water partition coefficient (Wildman–Crippen LogP) is 0.927. The van der Waals surface area contributed by atoms with Crippen LogP contribution in [0.2, 0.25) is 0 Å². The molecule has 96 valence electrons. The number of carboxylic acid groups (broad SMARTS) is 1. The van der Waals surface area contributed by atoms with E-state index in [9.17, 15) is 9.59 Å². The Morgan fingerprint density at radius 3 is 2.59 bits per heavy atom. The summed E-state index contributed by atoms with van der Waals surface area (Å²) in [6.07, 6.45) is 4.38. The summed E-state index contributed by atoms with van der Waals surface area (Å²) >= 11 is 0. The zero-order chi connectivity index (χ0) is 12.3. The molecule has 1 amide bonds. The standard InChI is InChI=1S/C12H19NO4/c14-10(15)7-12(4-2-5-12)8-13-11(16)9-3-1-6-17-9/h9H,1-8H2,(H,13,16)(H,14,15)/t9-/m0/s1. The first kappa shape index (κ1) is 12.4. The summed E-state index contributed by atoms with van der Waals surface area (Å²) in [6, 6.07) is 0. The average Bonchev–Trinajstić information content (AvgIpc) is 2.74. The molecule has 5 nitrogen and oxygen atoms in total. The first-order chi connectivity index (χ1) is 8.11. The van der Waals surface area contributed by atoms with E-state index in [0.717, 1.165) is 32.1 Å². The van der Waals surface area contributed by atoms with Crippen LogP contribution in [-0.2, 0) is 14.3 Å². The molecule has 2 aliphatic rings. The Kier molecular flexibility index (Phi) is 3.66. The fourth-order valence-electron chi connectivity index (χ4n) is 2.59. The number of ether oxygens (including phenoxy) is 1. The van der Waals surface area contributed by atoms with Crippen LogP contribution < -0.4 is 5.32 Å². The van der Waals surface area contributed by atoms with Gasteiger partial charge < -0.3 is 15.2 Å². The van der Waals surface area contributed by atoms with Gasteiger partial charge in [-0.3, -0.25) is 9.59 Å². The highest BCUT2D eigenvalue weighted by Gasteiger charge is 2.39. The summed E-state index contributed by atoms with van der Waals surface area (Å²) in [6.45, 7) is 1.12. The van der Waals surface area contributed by atoms with Crippen LogP contribution in [0, 0.1) is 5.41 Å². The van der Waals surface area contributed by atoms with Crippen LogP contribution >= 0.6 is 0 Å². The molecule has 5 heteroatoms. The topological polar surface area (TPSA) is 75.6 Å². The maximum absolute atomic E-state index is 11.7. The molecule has 0 aromatic carbocycles. The summed E-state index contributed by atoms with van der Waals surface area (Å²) in [7, 11) is 0. The number of amides is 1. The van der Waals surface area contributed by atoms with Crippen LogP contribution in [0.4, 0.5) is 0 Å². The molecular weight excluding hydrogens is 222 g/mol. The molecule has 1 saturated carbocycles. The largest absolute Gasteiger partial charge is 0.481 e. The van der Waals surface area contributed by atoms with Crippen molar-refractivity contribution in [3.8, 4) is 0 Å². The molecule has 1 aliphatic carbocycles. The highest BCUT2D eigenvalue weighted by atomic mass is 16.5. The fraction of sp³-hybridized carbons (Fsp3) is 0.833. The Morgan fingerprint density at radius 1 is 1.35 bits per heavy atom. The summed E-state index contributed by atoms with van der Waals surface area (Å²) in [5, 5.41) is 11.7. The van der Waals surface area contributed by atoms with E-state index in [2.05, 4.69) is 5.32 Å². The van der Waals surface area contributed by atoms with E-state index in [1.165, 1.54) is 0 Å². The number of aliphatic carboxylic acids is 1. The SMILES string of the molecule is O=C(O)CC1(CNC(=O)[C@@H]2CCCO2)CCC1. The Labute approximate surface area is 101 Å².